The maximum Gasteiger partial charge on any atom is 0.115 e. The topological polar surface area (TPSA) is 32.3 Å². The molecule has 0 aliphatic carbocycles. The molecule has 0 unspecified atom stereocenters. The van der Waals surface area contributed by atoms with Crippen molar-refractivity contribution >= 4 is 24.2 Å². The molecule has 1 aliphatic heterocycles. The van der Waals surface area contributed by atoms with Gasteiger partial charge in [0, 0.05) is 16.2 Å². The molecule has 0 spiro atoms. The SMILES string of the molecule is CCCC[C@]1(CC)CSc2ccccc2[C@H](c2ccc(O)cc2)N1.Cl. The number of hydrogen-bond donors (Lipinski definition) is 2. The molecule has 0 aromatic heterocycles. The van der Waals surface area contributed by atoms with Gasteiger partial charge in [-0.15, -0.1) is 24.2 Å². The number of phenolic OH excluding ortho intramolecular Hbond substituents is 1. The van der Waals surface area contributed by atoms with Crippen molar-refractivity contribution < 1.29 is 5.11 Å². The standard InChI is InChI=1S/C21H27NOS.ClH/c1-3-5-14-21(4-2)15-24-19-9-7-6-8-18(19)20(22-21)16-10-12-17(23)13-11-16;/h6-13,20,22-23H,3-5,14-15H2,1-2H3;1H/t20-,21+;/m0./s1. The number of thioether (sulfide) groups is 1. The number of fused-ring (bicyclic) bond motifs is 1. The highest BCUT2D eigenvalue weighted by Crippen LogP contribution is 2.40. The Morgan fingerprint density at radius 3 is 2.52 bits per heavy atom. The lowest BCUT2D eigenvalue weighted by molar-refractivity contribution is 0.298. The number of halogens is 1. The predicted molar refractivity (Wildman–Crippen MR) is 110 cm³/mol. The molecule has 0 amide bonds. The minimum Gasteiger partial charge on any atom is -0.508 e. The van der Waals surface area contributed by atoms with Gasteiger partial charge in [-0.1, -0.05) is 57.0 Å². The van der Waals surface area contributed by atoms with Gasteiger partial charge in [0.25, 0.3) is 0 Å². The summed E-state index contributed by atoms with van der Waals surface area (Å²) in [5.74, 6) is 1.43. The summed E-state index contributed by atoms with van der Waals surface area (Å²) in [5, 5.41) is 13.6. The first kappa shape index (κ1) is 20.2. The van der Waals surface area contributed by atoms with Crippen molar-refractivity contribution in [3.8, 4) is 5.75 Å². The average molecular weight is 378 g/mol. The number of rotatable bonds is 5. The van der Waals surface area contributed by atoms with Crippen LogP contribution in [0.1, 0.15) is 56.7 Å². The summed E-state index contributed by atoms with van der Waals surface area (Å²) < 4.78 is 0. The molecule has 0 saturated heterocycles. The van der Waals surface area contributed by atoms with Gasteiger partial charge in [0.1, 0.15) is 5.75 Å². The minimum absolute atomic E-state index is 0. The number of phenols is 1. The molecule has 4 heteroatoms. The fraction of sp³-hybridized carbons (Fsp3) is 0.429. The Morgan fingerprint density at radius 2 is 1.84 bits per heavy atom. The molecule has 2 N–H and O–H groups in total. The molecule has 1 heterocycles. The minimum atomic E-state index is 0. The fourth-order valence-electron chi connectivity index (χ4n) is 3.46. The quantitative estimate of drug-likeness (QED) is 0.676. The lowest BCUT2D eigenvalue weighted by Gasteiger charge is -2.36. The molecule has 136 valence electrons. The van der Waals surface area contributed by atoms with E-state index < -0.39 is 0 Å². The molecular weight excluding hydrogens is 350 g/mol. The Morgan fingerprint density at radius 1 is 1.12 bits per heavy atom. The third kappa shape index (κ3) is 4.52. The second-order valence-electron chi connectivity index (χ2n) is 6.73. The van der Waals surface area contributed by atoms with Crippen LogP contribution in [0.3, 0.4) is 0 Å². The van der Waals surface area contributed by atoms with E-state index in [2.05, 4.69) is 43.4 Å². The third-order valence-corrected chi connectivity index (χ3v) is 6.48. The third-order valence-electron chi connectivity index (χ3n) is 5.10. The number of benzene rings is 2. The summed E-state index contributed by atoms with van der Waals surface area (Å²) >= 11 is 1.98. The molecule has 25 heavy (non-hydrogen) atoms. The van der Waals surface area contributed by atoms with E-state index in [1.807, 2.05) is 23.9 Å². The first-order chi connectivity index (χ1) is 11.7. The first-order valence-corrected chi connectivity index (χ1v) is 9.94. The monoisotopic (exact) mass is 377 g/mol. The van der Waals surface area contributed by atoms with Gasteiger partial charge in [0.2, 0.25) is 0 Å². The van der Waals surface area contributed by atoms with Crippen LogP contribution in [-0.4, -0.2) is 16.4 Å². The first-order valence-electron chi connectivity index (χ1n) is 8.96. The second-order valence-corrected chi connectivity index (χ2v) is 7.75. The zero-order valence-electron chi connectivity index (χ0n) is 15.0. The molecule has 2 atom stereocenters. The Balaban J connectivity index is 0.00000225. The Kier molecular flexibility index (Phi) is 7.24. The highest BCUT2D eigenvalue weighted by molar-refractivity contribution is 7.99. The van der Waals surface area contributed by atoms with Crippen LogP contribution in [0.15, 0.2) is 53.4 Å². The van der Waals surface area contributed by atoms with E-state index in [0.717, 1.165) is 12.2 Å². The van der Waals surface area contributed by atoms with Crippen LogP contribution in [0.5, 0.6) is 5.75 Å². The average Bonchev–Trinajstić information content (AvgIpc) is 2.79. The highest BCUT2D eigenvalue weighted by atomic mass is 35.5. The molecule has 2 aromatic carbocycles. The van der Waals surface area contributed by atoms with Crippen LogP contribution in [0.4, 0.5) is 0 Å². The van der Waals surface area contributed by atoms with Crippen molar-refractivity contribution in [1.29, 1.82) is 0 Å². The lowest BCUT2D eigenvalue weighted by atomic mass is 9.88. The van der Waals surface area contributed by atoms with Gasteiger partial charge in [-0.2, -0.15) is 0 Å². The number of hydrogen-bond acceptors (Lipinski definition) is 3. The van der Waals surface area contributed by atoms with Gasteiger partial charge in [-0.05, 0) is 42.2 Å². The zero-order valence-corrected chi connectivity index (χ0v) is 16.6. The van der Waals surface area contributed by atoms with Crippen molar-refractivity contribution in [2.45, 2.75) is 56.0 Å². The van der Waals surface area contributed by atoms with E-state index in [4.69, 9.17) is 0 Å². The smallest absolute Gasteiger partial charge is 0.115 e. The van der Waals surface area contributed by atoms with Crippen LogP contribution in [-0.2, 0) is 0 Å². The van der Waals surface area contributed by atoms with Crippen LogP contribution in [0.2, 0.25) is 0 Å². The number of aromatic hydroxyl groups is 1. The Labute approximate surface area is 161 Å². The van der Waals surface area contributed by atoms with Crippen LogP contribution >= 0.6 is 24.2 Å². The highest BCUT2D eigenvalue weighted by Gasteiger charge is 2.35. The molecule has 2 nitrogen and oxygen atoms in total. The van der Waals surface area contributed by atoms with Crippen LogP contribution in [0.25, 0.3) is 0 Å². The van der Waals surface area contributed by atoms with Gasteiger partial charge in [-0.3, -0.25) is 5.32 Å². The second kappa shape index (κ2) is 8.98. The van der Waals surface area contributed by atoms with E-state index in [-0.39, 0.29) is 24.0 Å². The van der Waals surface area contributed by atoms with Gasteiger partial charge in [0.15, 0.2) is 0 Å². The lowest BCUT2D eigenvalue weighted by Crippen LogP contribution is -2.48. The molecule has 0 bridgehead atoms. The van der Waals surface area contributed by atoms with Crippen molar-refractivity contribution in [1.82, 2.24) is 5.32 Å². The maximum absolute atomic E-state index is 9.65. The Bertz CT molecular complexity index is 676. The van der Waals surface area contributed by atoms with E-state index in [1.165, 1.54) is 35.3 Å². The summed E-state index contributed by atoms with van der Waals surface area (Å²) in [7, 11) is 0. The van der Waals surface area contributed by atoms with Crippen molar-refractivity contribution in [3.63, 3.8) is 0 Å². The molecule has 0 saturated carbocycles. The van der Waals surface area contributed by atoms with Crippen molar-refractivity contribution in [3.05, 3.63) is 59.7 Å². The molecule has 3 rings (SSSR count). The molecule has 2 aromatic rings. The summed E-state index contributed by atoms with van der Waals surface area (Å²) in [6.07, 6.45) is 4.81. The van der Waals surface area contributed by atoms with E-state index in [0.29, 0.717) is 5.75 Å². The maximum atomic E-state index is 9.65. The van der Waals surface area contributed by atoms with Crippen molar-refractivity contribution in [2.24, 2.45) is 0 Å². The molecule has 0 fully saturated rings. The van der Waals surface area contributed by atoms with Gasteiger partial charge < -0.3 is 5.11 Å². The molecule has 1 aliphatic rings. The van der Waals surface area contributed by atoms with Gasteiger partial charge >= 0.3 is 0 Å². The normalized spacial score (nSPS) is 22.6. The van der Waals surface area contributed by atoms with E-state index >= 15 is 0 Å². The summed E-state index contributed by atoms with van der Waals surface area (Å²) in [6.45, 7) is 4.56. The van der Waals surface area contributed by atoms with Crippen LogP contribution in [0, 0.1) is 0 Å². The van der Waals surface area contributed by atoms with Gasteiger partial charge in [0.05, 0.1) is 6.04 Å². The van der Waals surface area contributed by atoms with Gasteiger partial charge in [-0.25, -0.2) is 0 Å². The molecular formula is C21H28ClNOS. The summed E-state index contributed by atoms with van der Waals surface area (Å²) in [5.41, 5.74) is 2.72. The van der Waals surface area contributed by atoms with Crippen molar-refractivity contribution in [2.75, 3.05) is 5.75 Å². The predicted octanol–water partition coefficient (Wildman–Crippen LogP) is 5.94. The largest absolute Gasteiger partial charge is 0.508 e. The van der Waals surface area contributed by atoms with E-state index in [9.17, 15) is 5.11 Å². The molecule has 0 radical (unpaired) electrons. The Hall–Kier alpha value is -1.16. The zero-order chi connectivity index (χ0) is 17.0. The summed E-state index contributed by atoms with van der Waals surface area (Å²) in [4.78, 5) is 1.37. The van der Waals surface area contributed by atoms with E-state index in [1.54, 1.807) is 12.1 Å². The van der Waals surface area contributed by atoms with Crippen LogP contribution < -0.4 is 5.32 Å². The number of nitrogens with one attached hydrogen (secondary N) is 1. The fourth-order valence-corrected chi connectivity index (χ4v) is 4.85. The summed E-state index contributed by atoms with van der Waals surface area (Å²) in [6, 6.07) is 16.6. The number of unbranched alkanes of at least 4 members (excludes halogenated alkanes) is 1.